The van der Waals surface area contributed by atoms with E-state index in [0.717, 1.165) is 19.4 Å². The topological polar surface area (TPSA) is 6.25 Å². The summed E-state index contributed by atoms with van der Waals surface area (Å²) in [5.41, 5.74) is 10.8. The van der Waals surface area contributed by atoms with Crippen LogP contribution in [0.2, 0.25) is 0 Å². The van der Waals surface area contributed by atoms with Gasteiger partial charge < -0.3 is 4.90 Å². The lowest BCUT2D eigenvalue weighted by molar-refractivity contribution is -0.438. The largest absolute Gasteiger partial charge is 0.347 e. The van der Waals surface area contributed by atoms with Crippen molar-refractivity contribution < 1.29 is 4.58 Å². The number of hydrogen-bond donors (Lipinski definition) is 0. The molecule has 0 saturated heterocycles. The van der Waals surface area contributed by atoms with Gasteiger partial charge >= 0.3 is 0 Å². The summed E-state index contributed by atoms with van der Waals surface area (Å²) in [6, 6.07) is 40.2. The Hall–Kier alpha value is -3.91. The highest BCUT2D eigenvalue weighted by Crippen LogP contribution is 2.52. The molecule has 0 N–H and O–H groups in total. The summed E-state index contributed by atoms with van der Waals surface area (Å²) in [5, 5.41) is 0. The Morgan fingerprint density at radius 3 is 1.88 bits per heavy atom. The van der Waals surface area contributed by atoms with Gasteiger partial charge in [0.15, 0.2) is 5.71 Å². The second kappa shape index (κ2) is 10.6. The van der Waals surface area contributed by atoms with Gasteiger partial charge in [0.05, 0.1) is 5.41 Å². The van der Waals surface area contributed by atoms with Gasteiger partial charge in [0.25, 0.3) is 0 Å². The summed E-state index contributed by atoms with van der Waals surface area (Å²) < 4.78 is 2.61. The van der Waals surface area contributed by atoms with Crippen LogP contribution in [0.15, 0.2) is 121 Å². The van der Waals surface area contributed by atoms with Crippen molar-refractivity contribution in [3.8, 4) is 0 Å². The van der Waals surface area contributed by atoms with Gasteiger partial charge in [-0.1, -0.05) is 110 Å². The predicted octanol–water partition coefficient (Wildman–Crippen LogP) is 8.62. The molecule has 0 saturated carbocycles. The molecule has 0 aliphatic carbocycles. The molecule has 0 bridgehead atoms. The predicted molar refractivity (Wildman–Crippen MR) is 169 cm³/mol. The fraction of sp³-hybridized carbons (Fsp3) is 0.289. The summed E-state index contributed by atoms with van der Waals surface area (Å²) >= 11 is 0. The zero-order chi connectivity index (χ0) is 27.7. The van der Waals surface area contributed by atoms with E-state index in [1.807, 2.05) is 0 Å². The molecule has 4 aromatic rings. The van der Waals surface area contributed by atoms with Gasteiger partial charge in [-0.2, -0.15) is 4.58 Å². The molecule has 202 valence electrons. The number of rotatable bonds is 8. The molecule has 0 radical (unpaired) electrons. The first-order valence-corrected chi connectivity index (χ1v) is 14.8. The van der Waals surface area contributed by atoms with Crippen LogP contribution in [-0.4, -0.2) is 23.9 Å². The molecule has 0 fully saturated rings. The van der Waals surface area contributed by atoms with Crippen molar-refractivity contribution in [3.63, 3.8) is 0 Å². The third-order valence-electron chi connectivity index (χ3n) is 9.14. The van der Waals surface area contributed by atoms with E-state index in [4.69, 9.17) is 0 Å². The third-order valence-corrected chi connectivity index (χ3v) is 9.14. The highest BCUT2D eigenvalue weighted by molar-refractivity contribution is 6.04. The molecule has 0 atom stereocenters. The van der Waals surface area contributed by atoms with Gasteiger partial charge in [0.1, 0.15) is 6.54 Å². The van der Waals surface area contributed by atoms with E-state index in [-0.39, 0.29) is 10.8 Å². The van der Waals surface area contributed by atoms with Gasteiger partial charge in [0.2, 0.25) is 5.69 Å². The summed E-state index contributed by atoms with van der Waals surface area (Å²) in [7, 11) is 2.27. The maximum absolute atomic E-state index is 2.61. The maximum Gasteiger partial charge on any atom is 0.209 e. The van der Waals surface area contributed by atoms with Crippen LogP contribution in [0.25, 0.3) is 0 Å². The number of allylic oxidation sites excluding steroid dienone is 2. The second-order valence-corrected chi connectivity index (χ2v) is 12.0. The molecule has 6 rings (SSSR count). The molecule has 0 aromatic heterocycles. The average molecular weight is 526 g/mol. The molecular formula is C38H41N2+. The minimum atomic E-state index is -0.192. The van der Waals surface area contributed by atoms with E-state index in [9.17, 15) is 0 Å². The summed E-state index contributed by atoms with van der Waals surface area (Å²) in [6.07, 6.45) is 6.82. The maximum atomic E-state index is 2.61. The lowest BCUT2D eigenvalue weighted by Crippen LogP contribution is -2.37. The Morgan fingerprint density at radius 2 is 1.25 bits per heavy atom. The van der Waals surface area contributed by atoms with E-state index in [1.165, 1.54) is 57.9 Å². The number of unbranched alkanes of at least 4 members (excludes halogenated alkanes) is 1. The Kier molecular flexibility index (Phi) is 6.96. The quantitative estimate of drug-likeness (QED) is 0.209. The first-order chi connectivity index (χ1) is 19.5. The van der Waals surface area contributed by atoms with Crippen LogP contribution in [0.4, 0.5) is 11.4 Å². The minimum absolute atomic E-state index is 0.0851. The molecular weight excluding hydrogens is 484 g/mol. The fourth-order valence-corrected chi connectivity index (χ4v) is 7.10. The van der Waals surface area contributed by atoms with E-state index in [1.54, 1.807) is 0 Å². The molecule has 2 heteroatoms. The van der Waals surface area contributed by atoms with E-state index >= 15 is 0 Å². The lowest BCUT2D eigenvalue weighted by Gasteiger charge is -2.34. The van der Waals surface area contributed by atoms with Crippen LogP contribution in [0.5, 0.6) is 0 Å². The highest BCUT2D eigenvalue weighted by atomic mass is 15.2. The summed E-state index contributed by atoms with van der Waals surface area (Å²) in [5.74, 6) is 0. The van der Waals surface area contributed by atoms with Gasteiger partial charge in [-0.3, -0.25) is 0 Å². The number of fused-ring (bicyclic) bond motifs is 2. The number of likely N-dealkylation sites (N-methyl/N-ethyl adjacent to an activating group) is 1. The second-order valence-electron chi connectivity index (χ2n) is 12.0. The average Bonchev–Trinajstić information content (AvgIpc) is 3.33. The van der Waals surface area contributed by atoms with Crippen molar-refractivity contribution in [1.29, 1.82) is 0 Å². The number of anilines is 1. The van der Waals surface area contributed by atoms with Crippen molar-refractivity contribution in [2.24, 2.45) is 0 Å². The Balaban J connectivity index is 1.61. The van der Waals surface area contributed by atoms with Crippen LogP contribution < -0.4 is 4.90 Å². The van der Waals surface area contributed by atoms with Gasteiger partial charge in [0, 0.05) is 48.0 Å². The zero-order valence-corrected chi connectivity index (χ0v) is 24.4. The van der Waals surface area contributed by atoms with Gasteiger partial charge in [-0.05, 0) is 49.4 Å². The molecule has 0 amide bonds. The molecule has 40 heavy (non-hydrogen) atoms. The third kappa shape index (κ3) is 4.40. The van der Waals surface area contributed by atoms with Crippen molar-refractivity contribution >= 4 is 17.1 Å². The molecule has 2 heterocycles. The Bertz CT molecular complexity index is 1520. The van der Waals surface area contributed by atoms with Crippen LogP contribution in [0.3, 0.4) is 0 Å². The van der Waals surface area contributed by atoms with E-state index < -0.39 is 0 Å². The van der Waals surface area contributed by atoms with Crippen LogP contribution in [0.1, 0.15) is 55.9 Å². The first-order valence-electron chi connectivity index (χ1n) is 14.8. The van der Waals surface area contributed by atoms with Crippen molar-refractivity contribution in [2.45, 2.75) is 57.3 Å². The molecule has 2 aliphatic rings. The molecule has 2 aliphatic heterocycles. The fourth-order valence-electron chi connectivity index (χ4n) is 7.10. The van der Waals surface area contributed by atoms with Crippen LogP contribution in [0, 0.1) is 0 Å². The molecule has 4 aromatic carbocycles. The zero-order valence-electron chi connectivity index (χ0n) is 24.4. The molecule has 2 nitrogen and oxygen atoms in total. The van der Waals surface area contributed by atoms with Crippen LogP contribution in [-0.2, 0) is 23.7 Å². The monoisotopic (exact) mass is 525 g/mol. The normalized spacial score (nSPS) is 17.8. The Morgan fingerprint density at radius 1 is 0.700 bits per heavy atom. The Labute approximate surface area is 240 Å². The van der Waals surface area contributed by atoms with Crippen molar-refractivity contribution in [1.82, 2.24) is 0 Å². The molecule has 0 unspecified atom stereocenters. The standard InChI is InChI=1S/C38H41N2/c1-5-6-25-40-34-24-16-13-21-31(34)37(2,3)35(40)26-36-38(27-29-17-9-7-10-18-29,28-30-19-11-8-12-20-30)32-22-14-15-23-33(32)39(36)4/h7-24,26H,5-6,25,27-28H2,1-4H3/q+1. The summed E-state index contributed by atoms with van der Waals surface area (Å²) in [6.45, 7) is 8.14. The summed E-state index contributed by atoms with van der Waals surface area (Å²) in [4.78, 5) is 2.48. The SMILES string of the molecule is CCCC[N+]1=C(C=C2N(C)c3ccccc3C2(Cc2ccccc2)Cc2ccccc2)C(C)(C)c2ccccc21. The lowest BCUT2D eigenvalue weighted by atomic mass is 9.69. The van der Waals surface area contributed by atoms with Crippen molar-refractivity contribution in [3.05, 3.63) is 143 Å². The molecule has 0 spiro atoms. The van der Waals surface area contributed by atoms with Gasteiger partial charge in [-0.15, -0.1) is 0 Å². The van der Waals surface area contributed by atoms with Crippen molar-refractivity contribution in [2.75, 3.05) is 18.5 Å². The number of para-hydroxylation sites is 2. The first kappa shape index (κ1) is 26.3. The minimum Gasteiger partial charge on any atom is -0.347 e. The number of nitrogens with zero attached hydrogens (tertiary/aromatic N) is 2. The highest BCUT2D eigenvalue weighted by Gasteiger charge is 2.50. The smallest absolute Gasteiger partial charge is 0.209 e. The number of benzene rings is 4. The van der Waals surface area contributed by atoms with Gasteiger partial charge in [-0.25, -0.2) is 0 Å². The van der Waals surface area contributed by atoms with Crippen LogP contribution >= 0.6 is 0 Å². The number of hydrogen-bond acceptors (Lipinski definition) is 1. The van der Waals surface area contributed by atoms with E-state index in [0.29, 0.717) is 0 Å². The van der Waals surface area contributed by atoms with E-state index in [2.05, 4.69) is 153 Å².